The number of aromatic nitrogens is 2. The first-order valence-corrected chi connectivity index (χ1v) is 6.14. The molecule has 1 atom stereocenters. The largest absolute Gasteiger partial charge is 0.387 e. The van der Waals surface area contributed by atoms with E-state index in [0.717, 1.165) is 5.56 Å². The normalized spacial score (nSPS) is 12.4. The lowest BCUT2D eigenvalue weighted by Gasteiger charge is -2.11. The summed E-state index contributed by atoms with van der Waals surface area (Å²) in [5.74, 6) is 1.66. The van der Waals surface area contributed by atoms with Crippen LogP contribution in [-0.4, -0.2) is 21.6 Å². The van der Waals surface area contributed by atoms with Gasteiger partial charge < -0.3 is 16.2 Å². The van der Waals surface area contributed by atoms with E-state index >= 15 is 0 Å². The molecule has 1 unspecified atom stereocenters. The first-order chi connectivity index (χ1) is 8.15. The number of hydrogen-bond acceptors (Lipinski definition) is 6. The van der Waals surface area contributed by atoms with E-state index < -0.39 is 6.10 Å². The number of nitrogens with two attached hydrogens (primary N) is 1. The zero-order chi connectivity index (χ0) is 12.3. The van der Waals surface area contributed by atoms with E-state index in [1.807, 2.05) is 16.8 Å². The fraction of sp³-hybridized carbons (Fsp3) is 0.273. The standard InChI is InChI=1S/C11H14N4OS/c1-7-14-10(12)4-11(15-7)13-5-9(16)8-2-3-17-6-8/h2-4,6,9,16H,5H2,1H3,(H3,12,13,14,15). The summed E-state index contributed by atoms with van der Waals surface area (Å²) in [6.07, 6.45) is -0.544. The van der Waals surface area contributed by atoms with Crippen molar-refractivity contribution in [2.45, 2.75) is 13.0 Å². The Kier molecular flexibility index (Phi) is 3.55. The molecule has 90 valence electrons. The fourth-order valence-electron chi connectivity index (χ4n) is 1.47. The maximum atomic E-state index is 9.88. The minimum absolute atomic E-state index is 0.395. The monoisotopic (exact) mass is 250 g/mol. The van der Waals surface area contributed by atoms with Crippen LogP contribution in [0.5, 0.6) is 0 Å². The predicted molar refractivity (Wildman–Crippen MR) is 68.9 cm³/mol. The number of aryl methyl sites for hydroxylation is 1. The minimum atomic E-state index is -0.544. The van der Waals surface area contributed by atoms with Gasteiger partial charge in [0.1, 0.15) is 17.5 Å². The molecule has 0 saturated heterocycles. The average molecular weight is 250 g/mol. The molecule has 0 aliphatic carbocycles. The van der Waals surface area contributed by atoms with E-state index in [4.69, 9.17) is 5.73 Å². The van der Waals surface area contributed by atoms with E-state index in [1.54, 1.807) is 24.3 Å². The van der Waals surface area contributed by atoms with Crippen molar-refractivity contribution in [2.75, 3.05) is 17.6 Å². The van der Waals surface area contributed by atoms with E-state index in [-0.39, 0.29) is 0 Å². The highest BCUT2D eigenvalue weighted by Crippen LogP contribution is 2.17. The average Bonchev–Trinajstić information content (AvgIpc) is 2.78. The van der Waals surface area contributed by atoms with Crippen molar-refractivity contribution in [1.29, 1.82) is 0 Å². The molecule has 2 aromatic rings. The molecule has 4 N–H and O–H groups in total. The van der Waals surface area contributed by atoms with Crippen molar-refractivity contribution in [2.24, 2.45) is 0 Å². The molecule has 0 radical (unpaired) electrons. The highest BCUT2D eigenvalue weighted by Gasteiger charge is 2.08. The number of nitrogens with zero attached hydrogens (tertiary/aromatic N) is 2. The first-order valence-electron chi connectivity index (χ1n) is 5.20. The van der Waals surface area contributed by atoms with Crippen molar-refractivity contribution in [3.63, 3.8) is 0 Å². The number of aliphatic hydroxyl groups excluding tert-OH is 1. The topological polar surface area (TPSA) is 84.1 Å². The second-order valence-corrected chi connectivity index (χ2v) is 4.46. The molecule has 2 rings (SSSR count). The molecule has 2 aromatic heterocycles. The van der Waals surface area contributed by atoms with Gasteiger partial charge in [0, 0.05) is 12.6 Å². The first kappa shape index (κ1) is 11.8. The summed E-state index contributed by atoms with van der Waals surface area (Å²) in [7, 11) is 0. The van der Waals surface area contributed by atoms with Crippen molar-refractivity contribution >= 4 is 23.0 Å². The number of rotatable bonds is 4. The summed E-state index contributed by atoms with van der Waals surface area (Å²) in [4.78, 5) is 8.15. The molecule has 0 spiro atoms. The molecule has 2 heterocycles. The molecule has 0 fully saturated rings. The minimum Gasteiger partial charge on any atom is -0.387 e. The van der Waals surface area contributed by atoms with Crippen LogP contribution in [0.25, 0.3) is 0 Å². The van der Waals surface area contributed by atoms with Gasteiger partial charge in [-0.1, -0.05) is 0 Å². The molecular weight excluding hydrogens is 236 g/mol. The smallest absolute Gasteiger partial charge is 0.131 e. The number of thiophene rings is 1. The Hall–Kier alpha value is -1.66. The number of nitrogen functional groups attached to an aromatic ring is 1. The van der Waals surface area contributed by atoms with Crippen LogP contribution >= 0.6 is 11.3 Å². The van der Waals surface area contributed by atoms with Crippen molar-refractivity contribution in [3.05, 3.63) is 34.3 Å². The van der Waals surface area contributed by atoms with Crippen LogP contribution in [0, 0.1) is 6.92 Å². The van der Waals surface area contributed by atoms with Crippen LogP contribution in [0.3, 0.4) is 0 Å². The van der Waals surface area contributed by atoms with Gasteiger partial charge in [-0.05, 0) is 29.3 Å². The molecule has 0 amide bonds. The van der Waals surface area contributed by atoms with Crippen LogP contribution in [-0.2, 0) is 0 Å². The molecule has 0 aliphatic rings. The third-order valence-electron chi connectivity index (χ3n) is 2.26. The quantitative estimate of drug-likeness (QED) is 0.767. The summed E-state index contributed by atoms with van der Waals surface area (Å²) in [5, 5.41) is 16.8. The molecule has 17 heavy (non-hydrogen) atoms. The van der Waals surface area contributed by atoms with Crippen LogP contribution in [0.2, 0.25) is 0 Å². The van der Waals surface area contributed by atoms with E-state index in [0.29, 0.717) is 24.0 Å². The molecule has 5 nitrogen and oxygen atoms in total. The summed E-state index contributed by atoms with van der Waals surface area (Å²) < 4.78 is 0. The summed E-state index contributed by atoms with van der Waals surface area (Å²) in [5.41, 5.74) is 6.51. The highest BCUT2D eigenvalue weighted by atomic mass is 32.1. The fourth-order valence-corrected chi connectivity index (χ4v) is 2.17. The Morgan fingerprint density at radius 2 is 2.35 bits per heavy atom. The van der Waals surface area contributed by atoms with E-state index in [1.165, 1.54) is 0 Å². The van der Waals surface area contributed by atoms with Gasteiger partial charge in [0.15, 0.2) is 0 Å². The Morgan fingerprint density at radius 3 is 3.00 bits per heavy atom. The third-order valence-corrected chi connectivity index (χ3v) is 2.96. The number of anilines is 2. The third kappa shape index (κ3) is 3.15. The maximum absolute atomic E-state index is 9.88. The summed E-state index contributed by atoms with van der Waals surface area (Å²) in [6.45, 7) is 2.17. The SMILES string of the molecule is Cc1nc(N)cc(NCC(O)c2ccsc2)n1. The zero-order valence-corrected chi connectivity index (χ0v) is 10.2. The van der Waals surface area contributed by atoms with Crippen LogP contribution in [0.15, 0.2) is 22.9 Å². The summed E-state index contributed by atoms with van der Waals surface area (Å²) in [6, 6.07) is 3.55. The zero-order valence-electron chi connectivity index (χ0n) is 9.42. The van der Waals surface area contributed by atoms with Gasteiger partial charge in [-0.3, -0.25) is 0 Å². The van der Waals surface area contributed by atoms with Gasteiger partial charge in [0.2, 0.25) is 0 Å². The van der Waals surface area contributed by atoms with Gasteiger partial charge in [0.05, 0.1) is 6.10 Å². The molecule has 0 aromatic carbocycles. The Morgan fingerprint density at radius 1 is 1.53 bits per heavy atom. The van der Waals surface area contributed by atoms with Gasteiger partial charge in [-0.15, -0.1) is 0 Å². The Labute approximate surface area is 103 Å². The molecule has 0 bridgehead atoms. The second kappa shape index (κ2) is 5.11. The molecule has 0 aliphatic heterocycles. The number of nitrogens with one attached hydrogen (secondary N) is 1. The second-order valence-electron chi connectivity index (χ2n) is 3.68. The van der Waals surface area contributed by atoms with Crippen molar-refractivity contribution in [3.8, 4) is 0 Å². The molecule has 0 saturated carbocycles. The number of aliphatic hydroxyl groups is 1. The molecule has 6 heteroatoms. The van der Waals surface area contributed by atoms with Gasteiger partial charge in [0.25, 0.3) is 0 Å². The van der Waals surface area contributed by atoms with E-state index in [2.05, 4.69) is 15.3 Å². The van der Waals surface area contributed by atoms with Gasteiger partial charge in [-0.25, -0.2) is 9.97 Å². The lowest BCUT2D eigenvalue weighted by molar-refractivity contribution is 0.192. The lowest BCUT2D eigenvalue weighted by Crippen LogP contribution is -2.13. The maximum Gasteiger partial charge on any atom is 0.131 e. The number of hydrogen-bond donors (Lipinski definition) is 3. The van der Waals surface area contributed by atoms with Crippen molar-refractivity contribution < 1.29 is 5.11 Å². The van der Waals surface area contributed by atoms with Crippen molar-refractivity contribution in [1.82, 2.24) is 9.97 Å². The van der Waals surface area contributed by atoms with Crippen LogP contribution < -0.4 is 11.1 Å². The van der Waals surface area contributed by atoms with Crippen LogP contribution in [0.4, 0.5) is 11.6 Å². The Balaban J connectivity index is 1.98. The van der Waals surface area contributed by atoms with Crippen LogP contribution in [0.1, 0.15) is 17.5 Å². The Bertz CT molecular complexity index is 466. The van der Waals surface area contributed by atoms with Gasteiger partial charge >= 0.3 is 0 Å². The highest BCUT2D eigenvalue weighted by molar-refractivity contribution is 7.07. The summed E-state index contributed by atoms with van der Waals surface area (Å²) >= 11 is 1.56. The molecular formula is C11H14N4OS. The van der Waals surface area contributed by atoms with Gasteiger partial charge in [-0.2, -0.15) is 11.3 Å². The lowest BCUT2D eigenvalue weighted by atomic mass is 10.2. The van der Waals surface area contributed by atoms with E-state index in [9.17, 15) is 5.11 Å². The predicted octanol–water partition coefficient (Wildman–Crippen LogP) is 1.57.